The molecule has 94 valence electrons. The molecule has 0 spiro atoms. The highest BCUT2D eigenvalue weighted by Crippen LogP contribution is 2.35. The average Bonchev–Trinajstić information content (AvgIpc) is 2.44. The predicted molar refractivity (Wildman–Crippen MR) is 66.9 cm³/mol. The molecule has 0 amide bonds. The summed E-state index contributed by atoms with van der Waals surface area (Å²) in [5.41, 5.74) is 0.859. The van der Waals surface area contributed by atoms with E-state index < -0.39 is 17.8 Å². The minimum atomic E-state index is -1.09. The van der Waals surface area contributed by atoms with Gasteiger partial charge in [0.2, 0.25) is 0 Å². The molecule has 0 bridgehead atoms. The summed E-state index contributed by atoms with van der Waals surface area (Å²) in [6.07, 6.45) is 4.29. The standard InChI is InChI=1S/C15H10O4/c16-13-9-3-1-2-4-10(9)14(17)12-7-8(15(18)19)5-6-11(12)13/h1-7,11-12H,(H,18,19)/t11-,12-/m0/s1. The maximum atomic E-state index is 12.3. The van der Waals surface area contributed by atoms with Crippen LogP contribution in [-0.2, 0) is 4.79 Å². The van der Waals surface area contributed by atoms with Crippen LogP contribution < -0.4 is 0 Å². The molecular weight excluding hydrogens is 244 g/mol. The van der Waals surface area contributed by atoms with Gasteiger partial charge in [-0.05, 0) is 0 Å². The van der Waals surface area contributed by atoms with Gasteiger partial charge in [0.15, 0.2) is 11.6 Å². The van der Waals surface area contributed by atoms with Crippen molar-refractivity contribution >= 4 is 17.5 Å². The first-order valence-electron chi connectivity index (χ1n) is 5.90. The van der Waals surface area contributed by atoms with E-state index in [0.717, 1.165) is 0 Å². The number of fused-ring (bicyclic) bond motifs is 2. The van der Waals surface area contributed by atoms with Gasteiger partial charge in [0.1, 0.15) is 0 Å². The number of allylic oxidation sites excluding steroid dienone is 2. The molecule has 3 rings (SSSR count). The Kier molecular flexibility index (Phi) is 2.45. The zero-order valence-electron chi connectivity index (χ0n) is 9.87. The Balaban J connectivity index is 2.13. The normalized spacial score (nSPS) is 24.5. The number of ketones is 2. The van der Waals surface area contributed by atoms with E-state index in [-0.39, 0.29) is 17.1 Å². The Labute approximate surface area is 109 Å². The third-order valence-corrected chi connectivity index (χ3v) is 3.54. The SMILES string of the molecule is O=C(O)C1=C[C@@H]2C(=O)c3ccccc3C(=O)[C@H]2C=C1. The lowest BCUT2D eigenvalue weighted by Gasteiger charge is -2.29. The molecule has 0 radical (unpaired) electrons. The third-order valence-electron chi connectivity index (χ3n) is 3.54. The molecule has 0 fully saturated rings. The number of hydrogen-bond donors (Lipinski definition) is 1. The molecular formula is C15H10O4. The fourth-order valence-corrected chi connectivity index (χ4v) is 2.58. The van der Waals surface area contributed by atoms with Gasteiger partial charge in [-0.3, -0.25) is 9.59 Å². The van der Waals surface area contributed by atoms with E-state index in [1.807, 2.05) is 0 Å². The monoisotopic (exact) mass is 254 g/mol. The quantitative estimate of drug-likeness (QED) is 0.830. The number of carbonyl (C=O) groups excluding carboxylic acids is 2. The van der Waals surface area contributed by atoms with Crippen LogP contribution in [0.4, 0.5) is 0 Å². The molecule has 4 heteroatoms. The molecule has 1 N–H and O–H groups in total. The molecule has 2 atom stereocenters. The minimum Gasteiger partial charge on any atom is -0.478 e. The molecule has 19 heavy (non-hydrogen) atoms. The van der Waals surface area contributed by atoms with Crippen LogP contribution in [0.15, 0.2) is 48.1 Å². The zero-order chi connectivity index (χ0) is 13.6. The maximum Gasteiger partial charge on any atom is 0.335 e. The number of carboxylic acids is 1. The van der Waals surface area contributed by atoms with E-state index in [1.165, 1.54) is 18.2 Å². The lowest BCUT2D eigenvalue weighted by Crippen LogP contribution is -2.36. The number of aliphatic carboxylic acids is 1. The van der Waals surface area contributed by atoms with Crippen LogP contribution in [0.3, 0.4) is 0 Å². The molecule has 0 saturated carbocycles. The Hall–Kier alpha value is -2.49. The number of carbonyl (C=O) groups is 3. The van der Waals surface area contributed by atoms with E-state index in [2.05, 4.69) is 0 Å². The van der Waals surface area contributed by atoms with Gasteiger partial charge < -0.3 is 5.11 Å². The Morgan fingerprint density at radius 2 is 1.58 bits per heavy atom. The van der Waals surface area contributed by atoms with Crippen molar-refractivity contribution in [2.75, 3.05) is 0 Å². The first-order chi connectivity index (χ1) is 9.09. The molecule has 0 saturated heterocycles. The van der Waals surface area contributed by atoms with Crippen molar-refractivity contribution in [3.8, 4) is 0 Å². The molecule has 2 aliphatic rings. The van der Waals surface area contributed by atoms with Crippen LogP contribution in [0.2, 0.25) is 0 Å². The molecule has 1 aromatic rings. The van der Waals surface area contributed by atoms with E-state index in [9.17, 15) is 14.4 Å². The van der Waals surface area contributed by atoms with Gasteiger partial charge in [0.25, 0.3) is 0 Å². The highest BCUT2D eigenvalue weighted by molar-refractivity contribution is 6.17. The van der Waals surface area contributed by atoms with Gasteiger partial charge in [-0.2, -0.15) is 0 Å². The Morgan fingerprint density at radius 1 is 1.00 bits per heavy atom. The second kappa shape index (κ2) is 4.02. The van der Waals surface area contributed by atoms with Crippen LogP contribution in [-0.4, -0.2) is 22.6 Å². The molecule has 0 aromatic heterocycles. The lowest BCUT2D eigenvalue weighted by atomic mass is 9.71. The van der Waals surface area contributed by atoms with Crippen molar-refractivity contribution in [3.05, 3.63) is 59.2 Å². The summed E-state index contributed by atoms with van der Waals surface area (Å²) in [4.78, 5) is 35.6. The summed E-state index contributed by atoms with van der Waals surface area (Å²) >= 11 is 0. The molecule has 0 aliphatic heterocycles. The van der Waals surface area contributed by atoms with Crippen molar-refractivity contribution in [2.24, 2.45) is 11.8 Å². The largest absolute Gasteiger partial charge is 0.478 e. The Morgan fingerprint density at radius 3 is 2.16 bits per heavy atom. The van der Waals surface area contributed by atoms with Gasteiger partial charge in [0.05, 0.1) is 17.4 Å². The van der Waals surface area contributed by atoms with E-state index in [0.29, 0.717) is 11.1 Å². The van der Waals surface area contributed by atoms with E-state index >= 15 is 0 Å². The molecule has 0 heterocycles. The van der Waals surface area contributed by atoms with Crippen LogP contribution >= 0.6 is 0 Å². The third kappa shape index (κ3) is 1.64. The number of rotatable bonds is 1. The zero-order valence-corrected chi connectivity index (χ0v) is 9.87. The summed E-state index contributed by atoms with van der Waals surface area (Å²) < 4.78 is 0. The topological polar surface area (TPSA) is 71.4 Å². The van der Waals surface area contributed by atoms with Gasteiger partial charge in [0, 0.05) is 11.1 Å². The first kappa shape index (κ1) is 11.6. The van der Waals surface area contributed by atoms with Crippen LogP contribution in [0.5, 0.6) is 0 Å². The number of benzene rings is 1. The second-order valence-electron chi connectivity index (χ2n) is 4.61. The molecule has 0 unspecified atom stereocenters. The van der Waals surface area contributed by atoms with E-state index in [4.69, 9.17) is 5.11 Å². The summed E-state index contributed by atoms with van der Waals surface area (Å²) in [7, 11) is 0. The van der Waals surface area contributed by atoms with Crippen LogP contribution in [0.25, 0.3) is 0 Å². The smallest absolute Gasteiger partial charge is 0.335 e. The first-order valence-corrected chi connectivity index (χ1v) is 5.90. The van der Waals surface area contributed by atoms with Gasteiger partial charge in [-0.1, -0.05) is 42.5 Å². The summed E-state index contributed by atoms with van der Waals surface area (Å²) in [6.45, 7) is 0. The lowest BCUT2D eigenvalue weighted by molar-refractivity contribution is -0.132. The highest BCUT2D eigenvalue weighted by atomic mass is 16.4. The van der Waals surface area contributed by atoms with Crippen molar-refractivity contribution in [1.29, 1.82) is 0 Å². The highest BCUT2D eigenvalue weighted by Gasteiger charge is 2.40. The minimum absolute atomic E-state index is 0.0572. The van der Waals surface area contributed by atoms with Crippen molar-refractivity contribution in [1.82, 2.24) is 0 Å². The van der Waals surface area contributed by atoms with Crippen molar-refractivity contribution in [2.45, 2.75) is 0 Å². The summed E-state index contributed by atoms with van der Waals surface area (Å²) in [5, 5.41) is 8.96. The molecule has 2 aliphatic carbocycles. The fourth-order valence-electron chi connectivity index (χ4n) is 2.58. The summed E-state index contributed by atoms with van der Waals surface area (Å²) in [5.74, 6) is -2.68. The molecule has 1 aromatic carbocycles. The van der Waals surface area contributed by atoms with Crippen molar-refractivity contribution < 1.29 is 19.5 Å². The van der Waals surface area contributed by atoms with Gasteiger partial charge in [-0.15, -0.1) is 0 Å². The van der Waals surface area contributed by atoms with Crippen LogP contribution in [0, 0.1) is 11.8 Å². The predicted octanol–water partition coefficient (Wildman–Crippen LogP) is 1.88. The van der Waals surface area contributed by atoms with Gasteiger partial charge >= 0.3 is 5.97 Å². The van der Waals surface area contributed by atoms with Crippen molar-refractivity contribution in [3.63, 3.8) is 0 Å². The Bertz CT molecular complexity index is 666. The number of carboxylic acid groups (broad SMARTS) is 1. The van der Waals surface area contributed by atoms with Crippen LogP contribution in [0.1, 0.15) is 20.7 Å². The van der Waals surface area contributed by atoms with Gasteiger partial charge in [-0.25, -0.2) is 4.79 Å². The fraction of sp³-hybridized carbons (Fsp3) is 0.133. The molecule has 4 nitrogen and oxygen atoms in total. The maximum absolute atomic E-state index is 12.3. The number of hydrogen-bond acceptors (Lipinski definition) is 3. The number of Topliss-reactive ketones (excluding diaryl/α,β-unsaturated/α-hetero) is 2. The second-order valence-corrected chi connectivity index (χ2v) is 4.61. The average molecular weight is 254 g/mol. The summed E-state index contributed by atoms with van der Waals surface area (Å²) in [6, 6.07) is 6.66. The van der Waals surface area contributed by atoms with E-state index in [1.54, 1.807) is 24.3 Å².